The molecule has 0 atom stereocenters. The topological polar surface area (TPSA) is 52.0 Å². The molecule has 0 aliphatic carbocycles. The second-order valence-corrected chi connectivity index (χ2v) is 4.05. The first-order valence-electron chi connectivity index (χ1n) is 5.43. The lowest BCUT2D eigenvalue weighted by Crippen LogP contribution is -2.31. The number of hydrogen-bond acceptors (Lipinski definition) is 4. The number of nitriles is 1. The van der Waals surface area contributed by atoms with Gasteiger partial charge in [0.15, 0.2) is 0 Å². The van der Waals surface area contributed by atoms with Gasteiger partial charge in [-0.3, -0.25) is 0 Å². The van der Waals surface area contributed by atoms with Gasteiger partial charge in [-0.05, 0) is 33.0 Å². The lowest BCUT2D eigenvalue weighted by Gasteiger charge is -2.21. The summed E-state index contributed by atoms with van der Waals surface area (Å²) in [6, 6.07) is 6.15. The summed E-state index contributed by atoms with van der Waals surface area (Å²) in [6.07, 6.45) is 1.69. The Balaban J connectivity index is 2.35. The summed E-state index contributed by atoms with van der Waals surface area (Å²) in [6.45, 7) is 6.20. The van der Waals surface area contributed by atoms with Gasteiger partial charge in [0, 0.05) is 19.1 Å². The minimum absolute atomic E-state index is 0.449. The van der Waals surface area contributed by atoms with Crippen LogP contribution in [0.3, 0.4) is 0 Å². The highest BCUT2D eigenvalue weighted by molar-refractivity contribution is 5.42. The average Bonchev–Trinajstić information content (AvgIpc) is 2.29. The highest BCUT2D eigenvalue weighted by atomic mass is 15.1. The minimum atomic E-state index is 0.449. The van der Waals surface area contributed by atoms with Gasteiger partial charge in [0.1, 0.15) is 11.8 Å². The van der Waals surface area contributed by atoms with E-state index >= 15 is 0 Å². The van der Waals surface area contributed by atoms with Crippen LogP contribution in [-0.2, 0) is 0 Å². The fourth-order valence-electron chi connectivity index (χ4n) is 1.20. The van der Waals surface area contributed by atoms with E-state index in [1.54, 1.807) is 12.3 Å². The molecule has 0 amide bonds. The van der Waals surface area contributed by atoms with E-state index < -0.39 is 0 Å². The number of anilines is 1. The molecule has 1 aromatic rings. The van der Waals surface area contributed by atoms with Gasteiger partial charge in [-0.2, -0.15) is 5.26 Å². The molecule has 16 heavy (non-hydrogen) atoms. The van der Waals surface area contributed by atoms with E-state index in [9.17, 15) is 0 Å². The van der Waals surface area contributed by atoms with Crippen LogP contribution >= 0.6 is 0 Å². The molecule has 4 heteroatoms. The molecular weight excluding hydrogens is 200 g/mol. The average molecular weight is 218 g/mol. The lowest BCUT2D eigenvalue weighted by atomic mass is 10.3. The predicted molar refractivity (Wildman–Crippen MR) is 65.2 cm³/mol. The Labute approximate surface area is 96.9 Å². The Morgan fingerprint density at radius 3 is 2.75 bits per heavy atom. The minimum Gasteiger partial charge on any atom is -0.383 e. The van der Waals surface area contributed by atoms with E-state index in [4.69, 9.17) is 5.26 Å². The van der Waals surface area contributed by atoms with Crippen LogP contribution in [0.15, 0.2) is 18.3 Å². The zero-order valence-corrected chi connectivity index (χ0v) is 10.1. The summed E-state index contributed by atoms with van der Waals surface area (Å²) in [4.78, 5) is 6.26. The largest absolute Gasteiger partial charge is 0.383 e. The van der Waals surface area contributed by atoms with Crippen LogP contribution in [-0.4, -0.2) is 36.1 Å². The molecule has 0 aliphatic heterocycles. The fourth-order valence-corrected chi connectivity index (χ4v) is 1.20. The van der Waals surface area contributed by atoms with Crippen LogP contribution in [0.25, 0.3) is 0 Å². The number of rotatable bonds is 5. The van der Waals surface area contributed by atoms with Crippen molar-refractivity contribution in [3.8, 4) is 6.07 Å². The van der Waals surface area contributed by atoms with Crippen LogP contribution in [0.1, 0.15) is 19.5 Å². The van der Waals surface area contributed by atoms with Gasteiger partial charge < -0.3 is 10.2 Å². The van der Waals surface area contributed by atoms with Crippen molar-refractivity contribution in [1.82, 2.24) is 9.88 Å². The Bertz CT molecular complexity index is 350. The molecule has 0 fully saturated rings. The number of nitrogens with zero attached hydrogens (tertiary/aromatic N) is 3. The number of nitrogens with one attached hydrogen (secondary N) is 1. The Hall–Kier alpha value is -1.60. The normalized spacial score (nSPS) is 10.5. The van der Waals surface area contributed by atoms with E-state index in [1.807, 2.05) is 12.1 Å². The molecule has 0 saturated carbocycles. The zero-order chi connectivity index (χ0) is 12.0. The molecule has 0 bridgehead atoms. The zero-order valence-electron chi connectivity index (χ0n) is 10.1. The molecule has 1 aromatic heterocycles. The van der Waals surface area contributed by atoms with E-state index in [0.29, 0.717) is 11.7 Å². The van der Waals surface area contributed by atoms with Crippen molar-refractivity contribution in [1.29, 1.82) is 5.26 Å². The first kappa shape index (κ1) is 12.5. The molecule has 0 saturated heterocycles. The predicted octanol–water partition coefficient (Wildman–Crippen LogP) is 1.71. The highest BCUT2D eigenvalue weighted by Gasteiger charge is 2.01. The van der Waals surface area contributed by atoms with E-state index in [0.717, 1.165) is 18.8 Å². The molecule has 1 heterocycles. The number of hydrogen-bond donors (Lipinski definition) is 1. The molecule has 1 N–H and O–H groups in total. The van der Waals surface area contributed by atoms with Crippen molar-refractivity contribution in [2.45, 2.75) is 19.9 Å². The van der Waals surface area contributed by atoms with Crippen molar-refractivity contribution in [2.24, 2.45) is 0 Å². The van der Waals surface area contributed by atoms with Crippen LogP contribution in [0, 0.1) is 11.3 Å². The van der Waals surface area contributed by atoms with Crippen molar-refractivity contribution in [3.05, 3.63) is 24.0 Å². The van der Waals surface area contributed by atoms with E-state index in [2.05, 4.69) is 36.1 Å². The molecular formula is C12H18N4. The third-order valence-electron chi connectivity index (χ3n) is 2.55. The Kier molecular flexibility index (Phi) is 4.74. The molecule has 1 rings (SSSR count). The molecule has 86 valence electrons. The first-order chi connectivity index (χ1) is 7.63. The van der Waals surface area contributed by atoms with Crippen molar-refractivity contribution < 1.29 is 0 Å². The smallest absolute Gasteiger partial charge is 0.140 e. The van der Waals surface area contributed by atoms with E-state index in [-0.39, 0.29) is 0 Å². The van der Waals surface area contributed by atoms with Crippen LogP contribution in [0.2, 0.25) is 0 Å². The van der Waals surface area contributed by atoms with Crippen molar-refractivity contribution >= 4 is 5.69 Å². The summed E-state index contributed by atoms with van der Waals surface area (Å²) in [5.41, 5.74) is 1.40. The quantitative estimate of drug-likeness (QED) is 0.817. The molecule has 0 spiro atoms. The van der Waals surface area contributed by atoms with Gasteiger partial charge in [0.25, 0.3) is 0 Å². The van der Waals surface area contributed by atoms with Gasteiger partial charge in [-0.15, -0.1) is 0 Å². The maximum atomic E-state index is 8.60. The van der Waals surface area contributed by atoms with Crippen molar-refractivity contribution in [2.75, 3.05) is 25.5 Å². The Morgan fingerprint density at radius 2 is 2.25 bits per heavy atom. The highest BCUT2D eigenvalue weighted by Crippen LogP contribution is 2.05. The molecule has 4 nitrogen and oxygen atoms in total. The molecule has 0 aromatic carbocycles. The molecule has 0 unspecified atom stereocenters. The lowest BCUT2D eigenvalue weighted by molar-refractivity contribution is 0.284. The van der Waals surface area contributed by atoms with Crippen LogP contribution in [0.4, 0.5) is 5.69 Å². The standard InChI is InChI=1S/C12H18N4/c1-10(2)16(3)7-6-14-12-5-4-11(8-13)15-9-12/h4-5,9-10,14H,6-7H2,1-3H3. The SMILES string of the molecule is CC(C)N(C)CCNc1ccc(C#N)nc1. The van der Waals surface area contributed by atoms with Crippen molar-refractivity contribution in [3.63, 3.8) is 0 Å². The maximum absolute atomic E-state index is 8.60. The van der Waals surface area contributed by atoms with Gasteiger partial charge in [-0.1, -0.05) is 0 Å². The monoisotopic (exact) mass is 218 g/mol. The third kappa shape index (κ3) is 3.87. The molecule has 0 radical (unpaired) electrons. The summed E-state index contributed by atoms with van der Waals surface area (Å²) >= 11 is 0. The van der Waals surface area contributed by atoms with Crippen LogP contribution < -0.4 is 5.32 Å². The second-order valence-electron chi connectivity index (χ2n) is 4.05. The van der Waals surface area contributed by atoms with Crippen LogP contribution in [0.5, 0.6) is 0 Å². The summed E-state index contributed by atoms with van der Waals surface area (Å²) in [7, 11) is 2.10. The number of pyridine rings is 1. The first-order valence-corrected chi connectivity index (χ1v) is 5.43. The number of likely N-dealkylation sites (N-methyl/N-ethyl adjacent to an activating group) is 1. The van der Waals surface area contributed by atoms with Gasteiger partial charge in [0.05, 0.1) is 11.9 Å². The van der Waals surface area contributed by atoms with E-state index in [1.165, 1.54) is 0 Å². The van der Waals surface area contributed by atoms with Gasteiger partial charge in [-0.25, -0.2) is 4.98 Å². The number of aromatic nitrogens is 1. The fraction of sp³-hybridized carbons (Fsp3) is 0.500. The summed E-state index contributed by atoms with van der Waals surface area (Å²) < 4.78 is 0. The third-order valence-corrected chi connectivity index (χ3v) is 2.55. The Morgan fingerprint density at radius 1 is 1.50 bits per heavy atom. The van der Waals surface area contributed by atoms with Gasteiger partial charge in [0.2, 0.25) is 0 Å². The van der Waals surface area contributed by atoms with Gasteiger partial charge >= 0.3 is 0 Å². The second kappa shape index (κ2) is 6.09. The molecule has 0 aliphatic rings. The maximum Gasteiger partial charge on any atom is 0.140 e. The summed E-state index contributed by atoms with van der Waals surface area (Å²) in [5.74, 6) is 0. The summed E-state index contributed by atoms with van der Waals surface area (Å²) in [5, 5.41) is 11.9.